The van der Waals surface area contributed by atoms with Crippen LogP contribution >= 0.6 is 0 Å². The molecule has 2 nitrogen and oxygen atoms in total. The van der Waals surface area contributed by atoms with Gasteiger partial charge >= 0.3 is 5.97 Å². The summed E-state index contributed by atoms with van der Waals surface area (Å²) in [5.74, 6) is 0.179. The van der Waals surface area contributed by atoms with Crippen molar-refractivity contribution in [3.8, 4) is 0 Å². The topological polar surface area (TPSA) is 26.3 Å². The Bertz CT molecular complexity index is 157. The molecule has 0 heterocycles. The number of allylic oxidation sites excluding steroid dienone is 1. The molecule has 0 unspecified atom stereocenters. The van der Waals surface area contributed by atoms with E-state index in [2.05, 4.69) is 0 Å². The fourth-order valence-corrected chi connectivity index (χ4v) is 0.536. The Morgan fingerprint density at radius 2 is 2.09 bits per heavy atom. The van der Waals surface area contributed by atoms with Crippen LogP contribution in [0.4, 0.5) is 0 Å². The first-order valence-corrected chi connectivity index (χ1v) is 3.92. The second-order valence-electron chi connectivity index (χ2n) is 2.80. The van der Waals surface area contributed by atoms with Gasteiger partial charge in [0.1, 0.15) is 0 Å². The highest BCUT2D eigenvalue weighted by atomic mass is 16.5. The van der Waals surface area contributed by atoms with Gasteiger partial charge in [0, 0.05) is 6.08 Å². The van der Waals surface area contributed by atoms with Crippen molar-refractivity contribution in [1.29, 1.82) is 0 Å². The highest BCUT2D eigenvalue weighted by molar-refractivity contribution is 5.82. The molecule has 0 atom stereocenters. The Morgan fingerprint density at radius 3 is 2.45 bits per heavy atom. The Balaban J connectivity index is 3.97. The van der Waals surface area contributed by atoms with Crippen LogP contribution in [0.25, 0.3) is 0 Å². The zero-order chi connectivity index (χ0) is 8.85. The largest absolute Gasteiger partial charge is 0.463 e. The zero-order valence-electron chi connectivity index (χ0n) is 7.68. The van der Waals surface area contributed by atoms with Crippen molar-refractivity contribution in [2.45, 2.75) is 27.7 Å². The fourth-order valence-electron chi connectivity index (χ4n) is 0.536. The van der Waals surface area contributed by atoms with Gasteiger partial charge in [-0.15, -0.1) is 0 Å². The van der Waals surface area contributed by atoms with E-state index in [0.717, 1.165) is 5.57 Å². The van der Waals surface area contributed by atoms with Gasteiger partial charge in [-0.2, -0.15) is 0 Å². The van der Waals surface area contributed by atoms with Crippen molar-refractivity contribution in [3.63, 3.8) is 0 Å². The van der Waals surface area contributed by atoms with Crippen LogP contribution in [0.1, 0.15) is 27.7 Å². The Morgan fingerprint density at radius 1 is 1.55 bits per heavy atom. The van der Waals surface area contributed by atoms with Crippen molar-refractivity contribution in [1.82, 2.24) is 0 Å². The normalized spacial score (nSPS) is 11.9. The summed E-state index contributed by atoms with van der Waals surface area (Å²) in [6.45, 7) is 8.27. The number of esters is 1. The van der Waals surface area contributed by atoms with E-state index in [0.29, 0.717) is 12.5 Å². The van der Waals surface area contributed by atoms with E-state index in [4.69, 9.17) is 4.74 Å². The van der Waals surface area contributed by atoms with E-state index in [1.54, 1.807) is 13.0 Å². The predicted octanol–water partition coefficient (Wildman–Crippen LogP) is 2.15. The smallest absolute Gasteiger partial charge is 0.330 e. The van der Waals surface area contributed by atoms with Crippen LogP contribution in [0.2, 0.25) is 0 Å². The Hall–Kier alpha value is -0.790. The minimum atomic E-state index is -0.237. The lowest BCUT2D eigenvalue weighted by molar-refractivity contribution is -0.137. The molecule has 0 N–H and O–H groups in total. The van der Waals surface area contributed by atoms with Crippen LogP contribution in [0.15, 0.2) is 11.6 Å². The molecule has 0 saturated carbocycles. The third kappa shape index (κ3) is 4.59. The van der Waals surface area contributed by atoms with Gasteiger partial charge in [-0.3, -0.25) is 0 Å². The molecule has 0 aliphatic rings. The van der Waals surface area contributed by atoms with E-state index in [1.165, 1.54) is 0 Å². The zero-order valence-corrected chi connectivity index (χ0v) is 7.68. The first kappa shape index (κ1) is 10.2. The Kier molecular flexibility index (Phi) is 4.59. The molecule has 0 aliphatic heterocycles. The first-order chi connectivity index (χ1) is 5.07. The van der Waals surface area contributed by atoms with Crippen molar-refractivity contribution in [2.75, 3.05) is 6.61 Å². The molecule has 64 valence electrons. The molecular formula is C9H16O2. The molecule has 2 heteroatoms. The van der Waals surface area contributed by atoms with Gasteiger partial charge in [-0.1, -0.05) is 19.4 Å². The molecule has 0 saturated heterocycles. The average molecular weight is 156 g/mol. The summed E-state index contributed by atoms with van der Waals surface area (Å²) in [6.07, 6.45) is 1.55. The lowest BCUT2D eigenvalue weighted by Gasteiger charge is -2.03. The lowest BCUT2D eigenvalue weighted by atomic mass is 10.1. The van der Waals surface area contributed by atoms with Crippen molar-refractivity contribution >= 4 is 5.97 Å². The van der Waals surface area contributed by atoms with Gasteiger partial charge < -0.3 is 4.74 Å². The third-order valence-corrected chi connectivity index (χ3v) is 1.54. The van der Waals surface area contributed by atoms with E-state index in [9.17, 15) is 4.79 Å². The number of carbonyl (C=O) groups excluding carboxylic acids is 1. The number of rotatable bonds is 3. The minimum Gasteiger partial charge on any atom is -0.463 e. The van der Waals surface area contributed by atoms with Crippen LogP contribution in [0.5, 0.6) is 0 Å². The summed E-state index contributed by atoms with van der Waals surface area (Å²) < 4.78 is 4.75. The van der Waals surface area contributed by atoms with E-state index in [-0.39, 0.29) is 5.97 Å². The van der Waals surface area contributed by atoms with E-state index < -0.39 is 0 Å². The molecule has 0 aromatic heterocycles. The number of ether oxygens (including phenoxy) is 1. The molecule has 11 heavy (non-hydrogen) atoms. The Labute approximate surface area is 68.2 Å². The summed E-state index contributed by atoms with van der Waals surface area (Å²) >= 11 is 0. The summed E-state index contributed by atoms with van der Waals surface area (Å²) in [7, 11) is 0. The van der Waals surface area contributed by atoms with E-state index >= 15 is 0 Å². The van der Waals surface area contributed by atoms with Crippen LogP contribution in [-0.2, 0) is 9.53 Å². The molecule has 0 radical (unpaired) electrons. The van der Waals surface area contributed by atoms with Gasteiger partial charge in [0.15, 0.2) is 0 Å². The molecule has 0 aromatic rings. The fraction of sp³-hybridized carbons (Fsp3) is 0.667. The monoisotopic (exact) mass is 156 g/mol. The standard InChI is InChI=1S/C9H16O2/c1-5-11-9(10)6-8(4)7(2)3/h6-7H,5H2,1-4H3/b8-6+. The SMILES string of the molecule is CCOC(=O)/C=C(\C)C(C)C. The van der Waals surface area contributed by atoms with Gasteiger partial charge in [0.05, 0.1) is 6.61 Å². The maximum atomic E-state index is 10.9. The molecule has 0 amide bonds. The highest BCUT2D eigenvalue weighted by Gasteiger charge is 2.00. The third-order valence-electron chi connectivity index (χ3n) is 1.54. The predicted molar refractivity (Wildman–Crippen MR) is 45.2 cm³/mol. The maximum absolute atomic E-state index is 10.9. The molecule has 0 aliphatic carbocycles. The number of hydrogen-bond donors (Lipinski definition) is 0. The van der Waals surface area contributed by atoms with E-state index in [1.807, 2.05) is 20.8 Å². The van der Waals surface area contributed by atoms with Crippen molar-refractivity contribution in [2.24, 2.45) is 5.92 Å². The summed E-state index contributed by atoms with van der Waals surface area (Å²) in [5.41, 5.74) is 1.06. The van der Waals surface area contributed by atoms with Crippen LogP contribution in [0, 0.1) is 5.92 Å². The first-order valence-electron chi connectivity index (χ1n) is 3.92. The van der Waals surface area contributed by atoms with Crippen molar-refractivity contribution in [3.05, 3.63) is 11.6 Å². The average Bonchev–Trinajstić information content (AvgIpc) is 1.87. The second-order valence-corrected chi connectivity index (χ2v) is 2.80. The highest BCUT2D eigenvalue weighted by Crippen LogP contribution is 2.07. The second kappa shape index (κ2) is 4.94. The number of carbonyl (C=O) groups is 1. The molecule has 0 aromatic carbocycles. The molecule has 0 fully saturated rings. The van der Waals surface area contributed by atoms with Crippen LogP contribution < -0.4 is 0 Å². The summed E-state index contributed by atoms with van der Waals surface area (Å²) in [4.78, 5) is 10.9. The van der Waals surface area contributed by atoms with Crippen LogP contribution in [0.3, 0.4) is 0 Å². The minimum absolute atomic E-state index is 0.237. The molecule has 0 rings (SSSR count). The van der Waals surface area contributed by atoms with Crippen LogP contribution in [-0.4, -0.2) is 12.6 Å². The quantitative estimate of drug-likeness (QED) is 0.462. The van der Waals surface area contributed by atoms with Crippen molar-refractivity contribution < 1.29 is 9.53 Å². The van der Waals surface area contributed by atoms with Gasteiger partial charge in [0.25, 0.3) is 0 Å². The van der Waals surface area contributed by atoms with Gasteiger partial charge in [0.2, 0.25) is 0 Å². The molecule has 0 bridgehead atoms. The summed E-state index contributed by atoms with van der Waals surface area (Å²) in [6, 6.07) is 0. The molecule has 0 spiro atoms. The van der Waals surface area contributed by atoms with Gasteiger partial charge in [-0.25, -0.2) is 4.79 Å². The maximum Gasteiger partial charge on any atom is 0.330 e. The number of hydrogen-bond acceptors (Lipinski definition) is 2. The summed E-state index contributed by atoms with van der Waals surface area (Å²) in [5, 5.41) is 0. The lowest BCUT2D eigenvalue weighted by Crippen LogP contribution is -2.02. The molecular weight excluding hydrogens is 140 g/mol. The van der Waals surface area contributed by atoms with Gasteiger partial charge in [-0.05, 0) is 19.8 Å².